The van der Waals surface area contributed by atoms with Crippen molar-refractivity contribution in [3.05, 3.63) is 70.2 Å². The standard InChI is InChI=1S/C17H17N3O2S/c21-17(18-9-8-15-7-4-10-23-15)16-11-13(19-20-16)12-22-14-5-2-1-3-6-14/h1-7,10-11H,8-9,12H2,(H,18,21)(H,19,20). The first-order valence-electron chi connectivity index (χ1n) is 7.34. The Kier molecular flexibility index (Phi) is 5.06. The molecule has 0 fully saturated rings. The van der Waals surface area contributed by atoms with Crippen LogP contribution < -0.4 is 10.1 Å². The predicted molar refractivity (Wildman–Crippen MR) is 89.7 cm³/mol. The first-order chi connectivity index (χ1) is 11.3. The minimum Gasteiger partial charge on any atom is -0.487 e. The molecule has 0 atom stereocenters. The average Bonchev–Trinajstić information content (AvgIpc) is 3.25. The molecule has 2 heterocycles. The van der Waals surface area contributed by atoms with E-state index in [2.05, 4.69) is 21.6 Å². The third-order valence-electron chi connectivity index (χ3n) is 3.24. The Morgan fingerprint density at radius 3 is 2.87 bits per heavy atom. The zero-order valence-electron chi connectivity index (χ0n) is 12.5. The van der Waals surface area contributed by atoms with Crippen LogP contribution in [-0.4, -0.2) is 22.6 Å². The molecule has 23 heavy (non-hydrogen) atoms. The molecule has 6 heteroatoms. The van der Waals surface area contributed by atoms with E-state index in [-0.39, 0.29) is 5.91 Å². The maximum absolute atomic E-state index is 12.0. The highest BCUT2D eigenvalue weighted by molar-refractivity contribution is 7.09. The van der Waals surface area contributed by atoms with E-state index >= 15 is 0 Å². The van der Waals surface area contributed by atoms with Crippen LogP contribution in [0.25, 0.3) is 0 Å². The van der Waals surface area contributed by atoms with Gasteiger partial charge in [0.1, 0.15) is 18.1 Å². The molecule has 0 radical (unpaired) electrons. The van der Waals surface area contributed by atoms with Gasteiger partial charge in [-0.3, -0.25) is 9.89 Å². The van der Waals surface area contributed by atoms with Crippen LogP contribution in [0, 0.1) is 0 Å². The lowest BCUT2D eigenvalue weighted by Crippen LogP contribution is -2.25. The van der Waals surface area contributed by atoms with Crippen molar-refractivity contribution in [2.75, 3.05) is 6.54 Å². The molecule has 3 aromatic rings. The number of para-hydroxylation sites is 1. The molecule has 3 rings (SSSR count). The van der Waals surface area contributed by atoms with Gasteiger partial charge in [0, 0.05) is 11.4 Å². The molecule has 0 bridgehead atoms. The lowest BCUT2D eigenvalue weighted by Gasteiger charge is -2.03. The van der Waals surface area contributed by atoms with Gasteiger partial charge >= 0.3 is 0 Å². The van der Waals surface area contributed by atoms with Gasteiger partial charge in [-0.05, 0) is 36.1 Å². The monoisotopic (exact) mass is 327 g/mol. The summed E-state index contributed by atoms with van der Waals surface area (Å²) in [5.41, 5.74) is 1.14. The summed E-state index contributed by atoms with van der Waals surface area (Å²) in [4.78, 5) is 13.3. The number of carbonyl (C=O) groups is 1. The van der Waals surface area contributed by atoms with Crippen LogP contribution in [0.15, 0.2) is 53.9 Å². The van der Waals surface area contributed by atoms with Crippen molar-refractivity contribution in [3.8, 4) is 5.75 Å². The van der Waals surface area contributed by atoms with Crippen LogP contribution in [0.3, 0.4) is 0 Å². The summed E-state index contributed by atoms with van der Waals surface area (Å²) < 4.78 is 5.61. The molecule has 2 N–H and O–H groups in total. The van der Waals surface area contributed by atoms with Crippen LogP contribution in [0.1, 0.15) is 21.1 Å². The zero-order chi connectivity index (χ0) is 15.9. The number of hydrogen-bond donors (Lipinski definition) is 2. The fourth-order valence-electron chi connectivity index (χ4n) is 2.07. The topological polar surface area (TPSA) is 67.0 Å². The fourth-order valence-corrected chi connectivity index (χ4v) is 2.78. The quantitative estimate of drug-likeness (QED) is 0.701. The lowest BCUT2D eigenvalue weighted by molar-refractivity contribution is 0.0949. The van der Waals surface area contributed by atoms with E-state index in [1.54, 1.807) is 17.4 Å². The van der Waals surface area contributed by atoms with Crippen molar-refractivity contribution in [2.24, 2.45) is 0 Å². The maximum atomic E-state index is 12.0. The molecule has 5 nitrogen and oxygen atoms in total. The Hall–Kier alpha value is -2.60. The van der Waals surface area contributed by atoms with Crippen LogP contribution >= 0.6 is 11.3 Å². The second-order valence-electron chi connectivity index (χ2n) is 4.97. The summed E-state index contributed by atoms with van der Waals surface area (Å²) >= 11 is 1.69. The number of rotatable bonds is 7. The van der Waals surface area contributed by atoms with E-state index in [9.17, 15) is 4.79 Å². The fraction of sp³-hybridized carbons (Fsp3) is 0.176. The normalized spacial score (nSPS) is 10.4. The van der Waals surface area contributed by atoms with E-state index in [1.807, 2.05) is 41.8 Å². The Morgan fingerprint density at radius 1 is 1.22 bits per heavy atom. The second kappa shape index (κ2) is 7.60. The smallest absolute Gasteiger partial charge is 0.271 e. The van der Waals surface area contributed by atoms with Gasteiger partial charge in [0.15, 0.2) is 0 Å². The van der Waals surface area contributed by atoms with Crippen molar-refractivity contribution >= 4 is 17.2 Å². The first-order valence-corrected chi connectivity index (χ1v) is 8.22. The molecule has 118 valence electrons. The SMILES string of the molecule is O=C(NCCc1cccs1)c1cc(COc2ccccc2)[nH]n1. The minimum absolute atomic E-state index is 0.177. The molecular formula is C17H17N3O2S. The molecule has 2 aromatic heterocycles. The number of nitrogens with one attached hydrogen (secondary N) is 2. The first kappa shape index (κ1) is 15.3. The highest BCUT2D eigenvalue weighted by atomic mass is 32.1. The van der Waals surface area contributed by atoms with E-state index < -0.39 is 0 Å². The highest BCUT2D eigenvalue weighted by Gasteiger charge is 2.10. The Bertz CT molecular complexity index is 738. The molecule has 0 aliphatic heterocycles. The van der Waals surface area contributed by atoms with E-state index in [1.165, 1.54) is 4.88 Å². The molecule has 0 saturated heterocycles. The summed E-state index contributed by atoms with van der Waals surface area (Å²) in [6.45, 7) is 0.946. The molecule has 0 unspecified atom stereocenters. The summed E-state index contributed by atoms with van der Waals surface area (Å²) in [6.07, 6.45) is 0.831. The van der Waals surface area contributed by atoms with Crippen LogP contribution in [0.5, 0.6) is 5.75 Å². The lowest BCUT2D eigenvalue weighted by atomic mass is 10.3. The molecular weight excluding hydrogens is 310 g/mol. The summed E-state index contributed by atoms with van der Waals surface area (Å²) in [6, 6.07) is 15.3. The van der Waals surface area contributed by atoms with Crippen LogP contribution in [0.4, 0.5) is 0 Å². The molecule has 1 aromatic carbocycles. The third-order valence-corrected chi connectivity index (χ3v) is 4.17. The van der Waals surface area contributed by atoms with Crippen molar-refractivity contribution in [1.29, 1.82) is 0 Å². The number of nitrogens with zero attached hydrogens (tertiary/aromatic N) is 1. The number of aromatic nitrogens is 2. The average molecular weight is 327 g/mol. The van der Waals surface area contributed by atoms with Gasteiger partial charge in [-0.25, -0.2) is 0 Å². The maximum Gasteiger partial charge on any atom is 0.271 e. The molecule has 0 aliphatic rings. The summed E-state index contributed by atoms with van der Waals surface area (Å²) in [5.74, 6) is 0.604. The van der Waals surface area contributed by atoms with E-state index in [0.29, 0.717) is 18.8 Å². The largest absolute Gasteiger partial charge is 0.487 e. The number of H-pyrrole nitrogens is 1. The number of amides is 1. The minimum atomic E-state index is -0.177. The van der Waals surface area contributed by atoms with Crippen molar-refractivity contribution < 1.29 is 9.53 Å². The number of thiophene rings is 1. The Labute approximate surface area is 138 Å². The van der Waals surface area contributed by atoms with Gasteiger partial charge in [0.2, 0.25) is 0 Å². The number of ether oxygens (including phenoxy) is 1. The Balaban J connectivity index is 1.47. The van der Waals surface area contributed by atoms with Gasteiger partial charge in [-0.15, -0.1) is 11.3 Å². The van der Waals surface area contributed by atoms with Gasteiger partial charge in [-0.2, -0.15) is 5.10 Å². The zero-order valence-corrected chi connectivity index (χ0v) is 13.3. The number of hydrogen-bond acceptors (Lipinski definition) is 4. The third kappa shape index (κ3) is 4.43. The molecule has 0 saturated carbocycles. The van der Waals surface area contributed by atoms with E-state index in [4.69, 9.17) is 4.74 Å². The van der Waals surface area contributed by atoms with Gasteiger partial charge in [0.05, 0.1) is 5.69 Å². The molecule has 0 aliphatic carbocycles. The van der Waals surface area contributed by atoms with Crippen molar-refractivity contribution in [3.63, 3.8) is 0 Å². The highest BCUT2D eigenvalue weighted by Crippen LogP contribution is 2.11. The van der Waals surface area contributed by atoms with Crippen molar-refractivity contribution in [1.82, 2.24) is 15.5 Å². The van der Waals surface area contributed by atoms with Gasteiger partial charge < -0.3 is 10.1 Å². The predicted octanol–water partition coefficient (Wildman–Crippen LogP) is 3.02. The number of carbonyl (C=O) groups excluding carboxylic acids is 1. The second-order valence-corrected chi connectivity index (χ2v) is 6.00. The van der Waals surface area contributed by atoms with Gasteiger partial charge in [0.25, 0.3) is 5.91 Å². The summed E-state index contributed by atoms with van der Waals surface area (Å²) in [7, 11) is 0. The van der Waals surface area contributed by atoms with Crippen LogP contribution in [-0.2, 0) is 13.0 Å². The van der Waals surface area contributed by atoms with E-state index in [0.717, 1.165) is 17.9 Å². The number of benzene rings is 1. The van der Waals surface area contributed by atoms with Gasteiger partial charge in [-0.1, -0.05) is 24.3 Å². The molecule has 0 spiro atoms. The van der Waals surface area contributed by atoms with Crippen molar-refractivity contribution in [2.45, 2.75) is 13.0 Å². The number of aromatic amines is 1. The Morgan fingerprint density at radius 2 is 2.09 bits per heavy atom. The summed E-state index contributed by atoms with van der Waals surface area (Å²) in [5, 5.41) is 11.8. The molecule has 1 amide bonds. The van der Waals surface area contributed by atoms with Crippen LogP contribution in [0.2, 0.25) is 0 Å².